The molecule has 0 radical (unpaired) electrons. The first-order chi connectivity index (χ1) is 12.4. The van der Waals surface area contributed by atoms with E-state index in [0.29, 0.717) is 30.2 Å². The summed E-state index contributed by atoms with van der Waals surface area (Å²) in [7, 11) is -2.90. The number of non-ortho nitro benzene ring substituents is 1. The molecule has 0 aliphatic carbocycles. The molecule has 2 aromatic rings. The van der Waals surface area contributed by atoms with Crippen molar-refractivity contribution >= 4 is 21.3 Å². The summed E-state index contributed by atoms with van der Waals surface area (Å²) in [5.74, 6) is 1.66. The molecule has 0 bridgehead atoms. The van der Waals surface area contributed by atoms with E-state index in [1.165, 1.54) is 12.1 Å². The van der Waals surface area contributed by atoms with Crippen molar-refractivity contribution in [1.82, 2.24) is 9.97 Å². The lowest BCUT2D eigenvalue weighted by Crippen LogP contribution is -2.16. The molecule has 26 heavy (non-hydrogen) atoms. The second-order valence-corrected chi connectivity index (χ2v) is 8.60. The van der Waals surface area contributed by atoms with E-state index in [0.717, 1.165) is 12.1 Å². The molecular weight excluding hydrogens is 356 g/mol. The summed E-state index contributed by atoms with van der Waals surface area (Å²) in [6.45, 7) is 2.52. The summed E-state index contributed by atoms with van der Waals surface area (Å²) < 4.78 is 23.1. The Morgan fingerprint density at radius 2 is 2.00 bits per heavy atom. The van der Waals surface area contributed by atoms with E-state index >= 15 is 0 Å². The van der Waals surface area contributed by atoms with Gasteiger partial charge in [0, 0.05) is 36.0 Å². The molecule has 1 saturated heterocycles. The molecule has 0 amide bonds. The maximum absolute atomic E-state index is 11.6. The third-order valence-electron chi connectivity index (χ3n) is 4.38. The zero-order valence-corrected chi connectivity index (χ0v) is 15.2. The summed E-state index contributed by atoms with van der Waals surface area (Å²) in [6.07, 6.45) is 1.38. The molecule has 1 unspecified atom stereocenters. The maximum atomic E-state index is 11.6. The molecule has 9 heteroatoms. The van der Waals surface area contributed by atoms with Crippen LogP contribution in [0.3, 0.4) is 0 Å². The van der Waals surface area contributed by atoms with E-state index < -0.39 is 14.8 Å². The molecule has 0 spiro atoms. The van der Waals surface area contributed by atoms with E-state index in [-0.39, 0.29) is 23.1 Å². The van der Waals surface area contributed by atoms with Crippen LogP contribution in [0.25, 0.3) is 11.4 Å². The Bertz CT molecular complexity index is 913. The predicted octanol–water partition coefficient (Wildman–Crippen LogP) is 2.46. The number of hydrogen-bond donors (Lipinski definition) is 1. The molecule has 1 aliphatic heterocycles. The van der Waals surface area contributed by atoms with Gasteiger partial charge in [-0.2, -0.15) is 0 Å². The molecule has 1 aromatic heterocycles. The predicted molar refractivity (Wildman–Crippen MR) is 98.8 cm³/mol. The van der Waals surface area contributed by atoms with E-state index in [9.17, 15) is 18.5 Å². The van der Waals surface area contributed by atoms with Crippen molar-refractivity contribution in [3.8, 4) is 11.4 Å². The average Bonchev–Trinajstić information content (AvgIpc) is 2.98. The van der Waals surface area contributed by atoms with Crippen LogP contribution in [0.5, 0.6) is 0 Å². The van der Waals surface area contributed by atoms with Crippen LogP contribution >= 0.6 is 0 Å². The molecule has 0 saturated carbocycles. The second kappa shape index (κ2) is 7.36. The highest BCUT2D eigenvalue weighted by atomic mass is 32.2. The van der Waals surface area contributed by atoms with Gasteiger partial charge in [0.15, 0.2) is 15.7 Å². The molecule has 1 fully saturated rings. The van der Waals surface area contributed by atoms with Gasteiger partial charge in [-0.05, 0) is 30.9 Å². The number of nitrogens with zero attached hydrogens (tertiary/aromatic N) is 3. The fraction of sp³-hybridized carbons (Fsp3) is 0.412. The number of aryl methyl sites for hydroxylation is 1. The summed E-state index contributed by atoms with van der Waals surface area (Å²) in [6, 6.07) is 7.94. The molecule has 1 atom stereocenters. The standard InChI is InChI=1S/C17H20N4O4S/c1-2-14-9-16(18-10-12-7-8-26(24,25)11-12)20-17(19-14)13-3-5-15(6-4-13)21(22)23/h3-6,9,12H,2,7-8,10-11H2,1H3,(H,18,19,20). The number of anilines is 1. The summed E-state index contributed by atoms with van der Waals surface area (Å²) in [4.78, 5) is 19.3. The van der Waals surface area contributed by atoms with Gasteiger partial charge in [-0.15, -0.1) is 0 Å². The highest BCUT2D eigenvalue weighted by Crippen LogP contribution is 2.23. The molecular formula is C17H20N4O4S. The minimum atomic E-state index is -2.90. The van der Waals surface area contributed by atoms with Crippen LogP contribution in [-0.2, 0) is 16.3 Å². The van der Waals surface area contributed by atoms with Crippen LogP contribution < -0.4 is 5.32 Å². The van der Waals surface area contributed by atoms with Gasteiger partial charge in [0.05, 0.1) is 16.4 Å². The summed E-state index contributed by atoms with van der Waals surface area (Å²) in [5, 5.41) is 14.0. The third-order valence-corrected chi connectivity index (χ3v) is 6.21. The second-order valence-electron chi connectivity index (χ2n) is 6.38. The number of hydrogen-bond acceptors (Lipinski definition) is 7. The summed E-state index contributed by atoms with van der Waals surface area (Å²) in [5.41, 5.74) is 1.55. The van der Waals surface area contributed by atoms with Crippen molar-refractivity contribution in [3.05, 3.63) is 46.1 Å². The largest absolute Gasteiger partial charge is 0.370 e. The molecule has 2 heterocycles. The van der Waals surface area contributed by atoms with E-state index in [2.05, 4.69) is 15.3 Å². The van der Waals surface area contributed by atoms with Gasteiger partial charge in [-0.3, -0.25) is 10.1 Å². The van der Waals surface area contributed by atoms with Gasteiger partial charge in [0.1, 0.15) is 5.82 Å². The Morgan fingerprint density at radius 3 is 2.58 bits per heavy atom. The Morgan fingerprint density at radius 1 is 1.27 bits per heavy atom. The molecule has 138 valence electrons. The Balaban J connectivity index is 1.79. The first kappa shape index (κ1) is 18.2. The van der Waals surface area contributed by atoms with Crippen LogP contribution in [-0.4, -0.2) is 41.4 Å². The SMILES string of the molecule is CCc1cc(NCC2CCS(=O)(=O)C2)nc(-c2ccc([N+](=O)[O-])cc2)n1. The van der Waals surface area contributed by atoms with Crippen LogP contribution in [0.1, 0.15) is 19.0 Å². The van der Waals surface area contributed by atoms with E-state index in [1.807, 2.05) is 13.0 Å². The fourth-order valence-corrected chi connectivity index (χ4v) is 4.77. The highest BCUT2D eigenvalue weighted by Gasteiger charge is 2.27. The maximum Gasteiger partial charge on any atom is 0.269 e. The fourth-order valence-electron chi connectivity index (χ4n) is 2.91. The van der Waals surface area contributed by atoms with Crippen molar-refractivity contribution in [3.63, 3.8) is 0 Å². The minimum absolute atomic E-state index is 0.0150. The molecule has 1 N–H and O–H groups in total. The Kier molecular flexibility index (Phi) is 5.17. The zero-order valence-electron chi connectivity index (χ0n) is 14.4. The molecule has 1 aromatic carbocycles. The lowest BCUT2D eigenvalue weighted by atomic mass is 10.1. The van der Waals surface area contributed by atoms with Gasteiger partial charge >= 0.3 is 0 Å². The first-order valence-corrected chi connectivity index (χ1v) is 10.3. The quantitative estimate of drug-likeness (QED) is 0.608. The van der Waals surface area contributed by atoms with Gasteiger partial charge in [0.2, 0.25) is 0 Å². The lowest BCUT2D eigenvalue weighted by molar-refractivity contribution is -0.384. The van der Waals surface area contributed by atoms with Crippen LogP contribution in [0.4, 0.5) is 11.5 Å². The molecule has 3 rings (SSSR count). The van der Waals surface area contributed by atoms with Crippen LogP contribution in [0.15, 0.2) is 30.3 Å². The lowest BCUT2D eigenvalue weighted by Gasteiger charge is -2.12. The van der Waals surface area contributed by atoms with Gasteiger partial charge in [0.25, 0.3) is 5.69 Å². The average molecular weight is 376 g/mol. The van der Waals surface area contributed by atoms with Gasteiger partial charge in [-0.1, -0.05) is 6.92 Å². The first-order valence-electron chi connectivity index (χ1n) is 8.43. The van der Waals surface area contributed by atoms with E-state index in [4.69, 9.17) is 0 Å². The van der Waals surface area contributed by atoms with Crippen LogP contribution in [0.2, 0.25) is 0 Å². The van der Waals surface area contributed by atoms with Crippen molar-refractivity contribution in [2.24, 2.45) is 5.92 Å². The normalized spacial score (nSPS) is 18.6. The van der Waals surface area contributed by atoms with Gasteiger partial charge in [-0.25, -0.2) is 18.4 Å². The number of sulfone groups is 1. The van der Waals surface area contributed by atoms with Gasteiger partial charge < -0.3 is 5.32 Å². The van der Waals surface area contributed by atoms with Crippen LogP contribution in [0, 0.1) is 16.0 Å². The number of nitro benzene ring substituents is 1. The third kappa shape index (κ3) is 4.34. The number of benzene rings is 1. The smallest absolute Gasteiger partial charge is 0.269 e. The van der Waals surface area contributed by atoms with Crippen molar-refractivity contribution < 1.29 is 13.3 Å². The molecule has 1 aliphatic rings. The number of nitrogens with one attached hydrogen (secondary N) is 1. The summed E-state index contributed by atoms with van der Waals surface area (Å²) >= 11 is 0. The zero-order chi connectivity index (χ0) is 18.7. The number of rotatable bonds is 6. The molecule has 8 nitrogen and oxygen atoms in total. The number of aromatic nitrogens is 2. The van der Waals surface area contributed by atoms with Crippen molar-refractivity contribution in [2.45, 2.75) is 19.8 Å². The highest BCUT2D eigenvalue weighted by molar-refractivity contribution is 7.91. The Hall–Kier alpha value is -2.55. The monoisotopic (exact) mass is 376 g/mol. The Labute approximate surface area is 151 Å². The van der Waals surface area contributed by atoms with Crippen molar-refractivity contribution in [2.75, 3.05) is 23.4 Å². The minimum Gasteiger partial charge on any atom is -0.370 e. The van der Waals surface area contributed by atoms with E-state index in [1.54, 1.807) is 12.1 Å². The van der Waals surface area contributed by atoms with Crippen molar-refractivity contribution in [1.29, 1.82) is 0 Å². The number of nitro groups is 1. The topological polar surface area (TPSA) is 115 Å².